The van der Waals surface area contributed by atoms with Gasteiger partial charge in [0.15, 0.2) is 0 Å². The molecule has 0 N–H and O–H groups in total. The molecule has 3 aromatic carbocycles. The lowest BCUT2D eigenvalue weighted by molar-refractivity contribution is -0.154. The van der Waals surface area contributed by atoms with Crippen molar-refractivity contribution in [1.82, 2.24) is 0 Å². The smallest absolute Gasteiger partial charge is 0.453 e. The van der Waals surface area contributed by atoms with E-state index in [2.05, 4.69) is 0 Å². The number of para-hydroxylation sites is 1. The van der Waals surface area contributed by atoms with Crippen LogP contribution >= 0.6 is 23.2 Å². The van der Waals surface area contributed by atoms with Crippen LogP contribution in [0.4, 0.5) is 13.2 Å². The molecule has 35 heavy (non-hydrogen) atoms. The summed E-state index contributed by atoms with van der Waals surface area (Å²) < 4.78 is 58.0. The molecular formula is C26H19Cl2F3O4. The Hall–Kier alpha value is -3.16. The van der Waals surface area contributed by atoms with Crippen LogP contribution in [0.25, 0.3) is 11.0 Å². The fourth-order valence-electron chi connectivity index (χ4n) is 3.48. The first kappa shape index (κ1) is 24.9. The first-order valence-electron chi connectivity index (χ1n) is 10.6. The molecule has 0 bridgehead atoms. The molecule has 182 valence electrons. The van der Waals surface area contributed by atoms with Gasteiger partial charge in [-0.3, -0.25) is 4.79 Å². The van der Waals surface area contributed by atoms with Crippen LogP contribution in [0.3, 0.4) is 0 Å². The lowest BCUT2D eigenvalue weighted by Crippen LogP contribution is -2.16. The third-order valence-electron chi connectivity index (χ3n) is 5.22. The summed E-state index contributed by atoms with van der Waals surface area (Å²) >= 11 is 11.9. The van der Waals surface area contributed by atoms with E-state index in [0.29, 0.717) is 21.2 Å². The fraction of sp³-hybridized carbons (Fsp3) is 0.192. The second kappa shape index (κ2) is 9.84. The summed E-state index contributed by atoms with van der Waals surface area (Å²) in [6.45, 7) is 3.82. The van der Waals surface area contributed by atoms with E-state index < -0.39 is 23.1 Å². The van der Waals surface area contributed by atoms with Gasteiger partial charge in [0.25, 0.3) is 5.76 Å². The third kappa shape index (κ3) is 5.41. The number of ether oxygens (including phenoxy) is 2. The van der Waals surface area contributed by atoms with E-state index in [1.54, 1.807) is 36.4 Å². The highest BCUT2D eigenvalue weighted by molar-refractivity contribution is 6.42. The Labute approximate surface area is 208 Å². The van der Waals surface area contributed by atoms with Crippen LogP contribution in [0.2, 0.25) is 10.0 Å². The van der Waals surface area contributed by atoms with Crippen molar-refractivity contribution < 1.29 is 27.1 Å². The van der Waals surface area contributed by atoms with E-state index in [4.69, 9.17) is 37.1 Å². The van der Waals surface area contributed by atoms with Crippen molar-refractivity contribution in [2.45, 2.75) is 32.5 Å². The Morgan fingerprint density at radius 3 is 2.40 bits per heavy atom. The molecule has 0 fully saturated rings. The van der Waals surface area contributed by atoms with Crippen LogP contribution in [0, 0.1) is 0 Å². The molecule has 4 nitrogen and oxygen atoms in total. The van der Waals surface area contributed by atoms with Gasteiger partial charge in [-0.1, -0.05) is 61.3 Å². The quantitative estimate of drug-likeness (QED) is 0.254. The molecule has 0 spiro atoms. The highest BCUT2D eigenvalue weighted by Crippen LogP contribution is 2.40. The van der Waals surface area contributed by atoms with Crippen LogP contribution in [0.5, 0.6) is 17.2 Å². The van der Waals surface area contributed by atoms with E-state index in [1.165, 1.54) is 24.3 Å². The van der Waals surface area contributed by atoms with Gasteiger partial charge in [0.1, 0.15) is 23.7 Å². The minimum atomic E-state index is -4.97. The lowest BCUT2D eigenvalue weighted by Gasteiger charge is -2.16. The average molecular weight is 523 g/mol. The largest absolute Gasteiger partial charge is 0.489 e. The van der Waals surface area contributed by atoms with Gasteiger partial charge in [0, 0.05) is 6.07 Å². The molecule has 0 saturated carbocycles. The molecule has 0 aliphatic carbocycles. The lowest BCUT2D eigenvalue weighted by atomic mass is 10.0. The van der Waals surface area contributed by atoms with Gasteiger partial charge >= 0.3 is 6.18 Å². The fourth-order valence-corrected chi connectivity index (χ4v) is 3.80. The van der Waals surface area contributed by atoms with Gasteiger partial charge in [0.2, 0.25) is 11.2 Å². The van der Waals surface area contributed by atoms with E-state index in [-0.39, 0.29) is 35.0 Å². The molecule has 4 rings (SSSR count). The molecule has 9 heteroatoms. The number of fused-ring (bicyclic) bond motifs is 1. The van der Waals surface area contributed by atoms with Crippen molar-refractivity contribution >= 4 is 34.2 Å². The van der Waals surface area contributed by atoms with Crippen molar-refractivity contribution in [3.63, 3.8) is 0 Å². The predicted octanol–water partition coefficient (Wildman–Crippen LogP) is 8.61. The molecule has 0 atom stereocenters. The highest BCUT2D eigenvalue weighted by atomic mass is 35.5. The summed E-state index contributed by atoms with van der Waals surface area (Å²) in [6.07, 6.45) is -4.97. The Morgan fingerprint density at radius 1 is 0.971 bits per heavy atom. The minimum absolute atomic E-state index is 0.0386. The summed E-state index contributed by atoms with van der Waals surface area (Å²) in [5, 5.41) is 0.659. The highest BCUT2D eigenvalue weighted by Gasteiger charge is 2.40. The minimum Gasteiger partial charge on any atom is -0.489 e. The molecule has 0 amide bonds. The Balaban J connectivity index is 1.73. The van der Waals surface area contributed by atoms with E-state index >= 15 is 0 Å². The van der Waals surface area contributed by atoms with Gasteiger partial charge < -0.3 is 13.9 Å². The SMILES string of the molecule is CC(C)c1ccccc1Oc1c(C(F)(F)F)oc2cc(OCc3ccc(Cl)c(Cl)c3)ccc2c1=O. The number of hydrogen-bond donors (Lipinski definition) is 0. The van der Waals surface area contributed by atoms with Crippen molar-refractivity contribution in [3.05, 3.63) is 97.8 Å². The first-order chi connectivity index (χ1) is 16.5. The summed E-state index contributed by atoms with van der Waals surface area (Å²) in [4.78, 5) is 13.1. The zero-order chi connectivity index (χ0) is 25.3. The van der Waals surface area contributed by atoms with Crippen molar-refractivity contribution in [3.8, 4) is 17.2 Å². The van der Waals surface area contributed by atoms with Crippen LogP contribution in [-0.4, -0.2) is 0 Å². The molecule has 1 heterocycles. The number of benzene rings is 3. The molecule has 0 unspecified atom stereocenters. The van der Waals surface area contributed by atoms with Crippen LogP contribution in [0.15, 0.2) is 69.9 Å². The molecule has 0 saturated heterocycles. The Morgan fingerprint density at radius 2 is 1.71 bits per heavy atom. The molecular weight excluding hydrogens is 504 g/mol. The Bertz CT molecular complexity index is 1450. The Kier molecular flexibility index (Phi) is 7.01. The second-order valence-electron chi connectivity index (χ2n) is 8.08. The zero-order valence-electron chi connectivity index (χ0n) is 18.6. The van der Waals surface area contributed by atoms with Gasteiger partial charge in [-0.05, 0) is 47.4 Å². The number of rotatable bonds is 6. The van der Waals surface area contributed by atoms with E-state index in [9.17, 15) is 18.0 Å². The van der Waals surface area contributed by atoms with Crippen molar-refractivity contribution in [1.29, 1.82) is 0 Å². The van der Waals surface area contributed by atoms with Crippen molar-refractivity contribution in [2.24, 2.45) is 0 Å². The summed E-state index contributed by atoms with van der Waals surface area (Å²) in [5.41, 5.74) is 0.141. The topological polar surface area (TPSA) is 48.7 Å². The molecule has 0 aliphatic rings. The number of alkyl halides is 3. The maximum Gasteiger partial charge on any atom is 0.453 e. The maximum atomic E-state index is 13.9. The van der Waals surface area contributed by atoms with Crippen LogP contribution in [-0.2, 0) is 12.8 Å². The van der Waals surface area contributed by atoms with Crippen molar-refractivity contribution in [2.75, 3.05) is 0 Å². The second-order valence-corrected chi connectivity index (χ2v) is 8.89. The molecule has 4 aromatic rings. The normalized spacial score (nSPS) is 11.8. The third-order valence-corrected chi connectivity index (χ3v) is 5.96. The average Bonchev–Trinajstić information content (AvgIpc) is 2.81. The molecule has 0 aliphatic heterocycles. The van der Waals surface area contributed by atoms with Gasteiger partial charge in [-0.15, -0.1) is 0 Å². The summed E-state index contributed by atoms with van der Waals surface area (Å²) in [7, 11) is 0. The first-order valence-corrected chi connectivity index (χ1v) is 11.3. The van der Waals surface area contributed by atoms with Gasteiger partial charge in [-0.25, -0.2) is 0 Å². The predicted molar refractivity (Wildman–Crippen MR) is 129 cm³/mol. The van der Waals surface area contributed by atoms with Gasteiger partial charge in [0.05, 0.1) is 15.4 Å². The number of halogens is 5. The zero-order valence-corrected chi connectivity index (χ0v) is 20.1. The van der Waals surface area contributed by atoms with Gasteiger partial charge in [-0.2, -0.15) is 13.2 Å². The van der Waals surface area contributed by atoms with E-state index in [1.807, 2.05) is 13.8 Å². The maximum absolute atomic E-state index is 13.9. The monoisotopic (exact) mass is 522 g/mol. The summed E-state index contributed by atoms with van der Waals surface area (Å²) in [6, 6.07) is 15.6. The van der Waals surface area contributed by atoms with E-state index in [0.717, 1.165) is 0 Å². The van der Waals surface area contributed by atoms with Crippen LogP contribution in [0.1, 0.15) is 36.7 Å². The van der Waals surface area contributed by atoms with Crippen LogP contribution < -0.4 is 14.9 Å². The standard InChI is InChI=1S/C26H19Cl2F3O4/c1-14(2)17-5-3-4-6-21(17)34-24-23(32)18-9-8-16(12-22(18)35-25(24)26(29,30)31)33-13-15-7-10-19(27)20(28)11-15/h3-12,14H,13H2,1-2H3. The molecule has 0 radical (unpaired) electrons. The molecule has 1 aromatic heterocycles. The summed E-state index contributed by atoms with van der Waals surface area (Å²) in [5.74, 6) is -2.11. The number of hydrogen-bond acceptors (Lipinski definition) is 4.